The lowest BCUT2D eigenvalue weighted by atomic mass is 10.00. The number of fused-ring (bicyclic) bond motifs is 1. The van der Waals surface area contributed by atoms with Gasteiger partial charge in [0.1, 0.15) is 12.4 Å². The molecule has 0 spiro atoms. The Morgan fingerprint density at radius 2 is 2.03 bits per heavy atom. The third-order valence-electron chi connectivity index (χ3n) is 6.31. The Balaban J connectivity index is 1.78. The molecule has 0 radical (unpaired) electrons. The molecule has 2 heterocycles. The van der Waals surface area contributed by atoms with Gasteiger partial charge in [0.05, 0.1) is 12.6 Å². The number of ether oxygens (including phenoxy) is 1. The highest BCUT2D eigenvalue weighted by atomic mass is 35.5. The summed E-state index contributed by atoms with van der Waals surface area (Å²) in [4.78, 5) is 31.3. The molecular weight excluding hydrogens is 456 g/mol. The maximum Gasteiger partial charge on any atom is 0.242 e. The number of benzene rings is 1. The van der Waals surface area contributed by atoms with Crippen LogP contribution in [0, 0.1) is 18.8 Å². The zero-order valence-electron chi connectivity index (χ0n) is 20.3. The number of thiophene rings is 1. The topological polar surface area (TPSA) is 49.9 Å². The number of hydrogen-bond acceptors (Lipinski definition) is 4. The predicted molar refractivity (Wildman–Crippen MR) is 135 cm³/mol. The third kappa shape index (κ3) is 6.30. The summed E-state index contributed by atoms with van der Waals surface area (Å²) in [6.07, 6.45) is 1.80. The van der Waals surface area contributed by atoms with Crippen LogP contribution in [0.3, 0.4) is 0 Å². The standard InChI is InChI=1S/C26H35ClN2O3S/c1-6-18(4)14-28(26(31)17(2)3)15-25(30)29-11-9-24-21(10-12-33-24)23(29)16-32-20-7-8-22(27)19(5)13-20/h7-8,10,12-13,17-18,23H,6,9,11,14-16H2,1-5H3/t18-,23+/m0/s1. The van der Waals surface area contributed by atoms with Crippen LogP contribution in [0.2, 0.25) is 5.02 Å². The quantitative estimate of drug-likeness (QED) is 0.450. The van der Waals surface area contributed by atoms with E-state index in [1.165, 1.54) is 4.88 Å². The molecule has 7 heteroatoms. The van der Waals surface area contributed by atoms with Crippen molar-refractivity contribution in [1.29, 1.82) is 0 Å². The number of rotatable bonds is 9. The first-order valence-electron chi connectivity index (χ1n) is 11.7. The summed E-state index contributed by atoms with van der Waals surface area (Å²) in [5.41, 5.74) is 2.10. The molecule has 3 rings (SSSR count). The summed E-state index contributed by atoms with van der Waals surface area (Å²) in [5, 5.41) is 2.78. The molecule has 180 valence electrons. The van der Waals surface area contributed by atoms with Crippen LogP contribution in [0.15, 0.2) is 29.6 Å². The lowest BCUT2D eigenvalue weighted by Crippen LogP contribution is -2.49. The fourth-order valence-corrected chi connectivity index (χ4v) is 5.16. The first-order valence-corrected chi connectivity index (χ1v) is 13.0. The summed E-state index contributed by atoms with van der Waals surface area (Å²) in [5.74, 6) is 0.947. The van der Waals surface area contributed by atoms with Crippen LogP contribution in [0.4, 0.5) is 0 Å². The van der Waals surface area contributed by atoms with Crippen molar-refractivity contribution in [2.75, 3.05) is 26.2 Å². The van der Waals surface area contributed by atoms with Crippen LogP contribution in [0.1, 0.15) is 56.2 Å². The zero-order chi connectivity index (χ0) is 24.1. The number of carbonyl (C=O) groups excluding carboxylic acids is 2. The van der Waals surface area contributed by atoms with Crippen LogP contribution in [-0.4, -0.2) is 47.9 Å². The lowest BCUT2D eigenvalue weighted by Gasteiger charge is -2.37. The molecule has 1 aromatic heterocycles. The average Bonchev–Trinajstić information content (AvgIpc) is 3.27. The maximum absolute atomic E-state index is 13.5. The van der Waals surface area contributed by atoms with Gasteiger partial charge in [-0.3, -0.25) is 9.59 Å². The SMILES string of the molecule is CC[C@H](C)CN(CC(=O)N1CCc2sccc2[C@H]1COc1ccc(Cl)c(C)c1)C(=O)C(C)C. The second-order valence-corrected chi connectivity index (χ2v) is 10.7. The molecule has 0 fully saturated rings. The van der Waals surface area contributed by atoms with Gasteiger partial charge in [-0.1, -0.05) is 45.7 Å². The van der Waals surface area contributed by atoms with Crippen molar-refractivity contribution in [3.8, 4) is 5.75 Å². The Labute approximate surface area is 206 Å². The van der Waals surface area contributed by atoms with E-state index in [-0.39, 0.29) is 30.3 Å². The summed E-state index contributed by atoms with van der Waals surface area (Å²) < 4.78 is 6.13. The fraction of sp³-hybridized carbons (Fsp3) is 0.538. The van der Waals surface area contributed by atoms with Crippen LogP contribution in [-0.2, 0) is 16.0 Å². The number of carbonyl (C=O) groups is 2. The van der Waals surface area contributed by atoms with E-state index in [0.717, 1.165) is 29.7 Å². The fourth-order valence-electron chi connectivity index (χ4n) is 4.11. The van der Waals surface area contributed by atoms with Crippen molar-refractivity contribution >= 4 is 34.8 Å². The van der Waals surface area contributed by atoms with Crippen LogP contribution in [0.25, 0.3) is 0 Å². The number of amides is 2. The van der Waals surface area contributed by atoms with Gasteiger partial charge in [0.25, 0.3) is 0 Å². The minimum atomic E-state index is -0.178. The summed E-state index contributed by atoms with van der Waals surface area (Å²) in [7, 11) is 0. The molecule has 0 aliphatic carbocycles. The summed E-state index contributed by atoms with van der Waals surface area (Å²) in [6.45, 7) is 11.7. The van der Waals surface area contributed by atoms with Gasteiger partial charge in [0.2, 0.25) is 11.8 Å². The van der Waals surface area contributed by atoms with Gasteiger partial charge in [0.15, 0.2) is 0 Å². The molecule has 0 N–H and O–H groups in total. The van der Waals surface area contributed by atoms with Gasteiger partial charge < -0.3 is 14.5 Å². The average molecular weight is 491 g/mol. The van der Waals surface area contributed by atoms with E-state index >= 15 is 0 Å². The van der Waals surface area contributed by atoms with Gasteiger partial charge in [-0.15, -0.1) is 11.3 Å². The lowest BCUT2D eigenvalue weighted by molar-refractivity contribution is -0.144. The number of nitrogens with zero attached hydrogens (tertiary/aromatic N) is 2. The van der Waals surface area contributed by atoms with E-state index in [1.807, 2.05) is 43.9 Å². The molecule has 2 aromatic rings. The highest BCUT2D eigenvalue weighted by Crippen LogP contribution is 2.34. The van der Waals surface area contributed by atoms with E-state index in [2.05, 4.69) is 25.3 Å². The Morgan fingerprint density at radius 3 is 2.70 bits per heavy atom. The van der Waals surface area contributed by atoms with Gasteiger partial charge >= 0.3 is 0 Å². The molecule has 0 bridgehead atoms. The number of aryl methyl sites for hydroxylation is 1. The summed E-state index contributed by atoms with van der Waals surface area (Å²) in [6, 6.07) is 7.52. The van der Waals surface area contributed by atoms with Gasteiger partial charge in [-0.25, -0.2) is 0 Å². The van der Waals surface area contributed by atoms with Crippen molar-refractivity contribution in [1.82, 2.24) is 9.80 Å². The zero-order valence-corrected chi connectivity index (χ0v) is 21.8. The Hall–Kier alpha value is -2.05. The van der Waals surface area contributed by atoms with E-state index in [9.17, 15) is 9.59 Å². The Morgan fingerprint density at radius 1 is 1.27 bits per heavy atom. The molecule has 0 saturated heterocycles. The molecule has 1 aromatic carbocycles. The summed E-state index contributed by atoms with van der Waals surface area (Å²) >= 11 is 7.88. The number of hydrogen-bond donors (Lipinski definition) is 0. The van der Waals surface area contributed by atoms with Crippen LogP contribution in [0.5, 0.6) is 5.75 Å². The van der Waals surface area contributed by atoms with Gasteiger partial charge in [-0.05, 0) is 60.0 Å². The Kier molecular flexibility index (Phi) is 8.82. The highest BCUT2D eigenvalue weighted by Gasteiger charge is 2.34. The van der Waals surface area contributed by atoms with Crippen LogP contribution < -0.4 is 4.74 Å². The smallest absolute Gasteiger partial charge is 0.242 e. The van der Waals surface area contributed by atoms with Crippen molar-refractivity contribution in [2.24, 2.45) is 11.8 Å². The molecule has 0 unspecified atom stereocenters. The van der Waals surface area contributed by atoms with E-state index in [4.69, 9.17) is 16.3 Å². The minimum absolute atomic E-state index is 0.0231. The van der Waals surface area contributed by atoms with Crippen molar-refractivity contribution in [2.45, 2.75) is 53.5 Å². The maximum atomic E-state index is 13.5. The molecule has 0 saturated carbocycles. The van der Waals surface area contributed by atoms with Gasteiger partial charge in [-0.2, -0.15) is 0 Å². The van der Waals surface area contributed by atoms with E-state index in [0.29, 0.717) is 30.6 Å². The monoisotopic (exact) mass is 490 g/mol. The largest absolute Gasteiger partial charge is 0.491 e. The normalized spacial score (nSPS) is 16.5. The first-order chi connectivity index (χ1) is 15.7. The second-order valence-electron chi connectivity index (χ2n) is 9.26. The molecule has 33 heavy (non-hydrogen) atoms. The molecule has 5 nitrogen and oxygen atoms in total. The van der Waals surface area contributed by atoms with Crippen molar-refractivity contribution in [3.63, 3.8) is 0 Å². The highest BCUT2D eigenvalue weighted by molar-refractivity contribution is 7.10. The van der Waals surface area contributed by atoms with Crippen molar-refractivity contribution in [3.05, 3.63) is 50.7 Å². The molecule has 2 amide bonds. The van der Waals surface area contributed by atoms with E-state index < -0.39 is 0 Å². The van der Waals surface area contributed by atoms with Crippen molar-refractivity contribution < 1.29 is 14.3 Å². The molecular formula is C26H35ClN2O3S. The number of halogens is 1. The Bertz CT molecular complexity index is 974. The van der Waals surface area contributed by atoms with E-state index in [1.54, 1.807) is 16.2 Å². The molecule has 1 aliphatic rings. The second kappa shape index (κ2) is 11.4. The predicted octanol–water partition coefficient (Wildman–Crippen LogP) is 5.75. The first kappa shape index (κ1) is 25.6. The third-order valence-corrected chi connectivity index (χ3v) is 7.73. The van der Waals surface area contributed by atoms with Gasteiger partial charge in [0, 0.05) is 28.9 Å². The minimum Gasteiger partial charge on any atom is -0.491 e. The van der Waals surface area contributed by atoms with Crippen LogP contribution >= 0.6 is 22.9 Å². The molecule has 1 aliphatic heterocycles. The molecule has 2 atom stereocenters.